The van der Waals surface area contributed by atoms with Gasteiger partial charge in [-0.05, 0) is 12.2 Å². The summed E-state index contributed by atoms with van der Waals surface area (Å²) in [6.45, 7) is 2.71. The summed E-state index contributed by atoms with van der Waals surface area (Å²) in [5, 5.41) is 3.04. The third-order valence-corrected chi connectivity index (χ3v) is 3.11. The van der Waals surface area contributed by atoms with Gasteiger partial charge in [0.05, 0.1) is 18.1 Å². The zero-order valence-electron chi connectivity index (χ0n) is 10.1. The van der Waals surface area contributed by atoms with Crippen LogP contribution in [-0.4, -0.2) is 29.9 Å². The van der Waals surface area contributed by atoms with Crippen LogP contribution in [0.4, 0.5) is 5.82 Å². The number of hydrogen-bond donors (Lipinski definition) is 1. The van der Waals surface area contributed by atoms with Crippen molar-refractivity contribution >= 4 is 17.6 Å². The molecule has 0 saturated carbocycles. The van der Waals surface area contributed by atoms with E-state index in [1.54, 1.807) is 7.11 Å². The van der Waals surface area contributed by atoms with Crippen molar-refractivity contribution in [3.8, 4) is 0 Å². The number of methoxy groups -OCH3 is 1. The van der Waals surface area contributed by atoms with Crippen LogP contribution in [0.15, 0.2) is 6.07 Å². The molecular formula is C11H19N3OS. The maximum absolute atomic E-state index is 5.08. The van der Waals surface area contributed by atoms with Crippen molar-refractivity contribution in [2.75, 3.05) is 25.2 Å². The Morgan fingerprint density at radius 2 is 2.25 bits per heavy atom. The summed E-state index contributed by atoms with van der Waals surface area (Å²) in [6, 6.07) is 1.91. The maximum Gasteiger partial charge on any atom is 0.140 e. The first-order chi connectivity index (χ1) is 7.80. The Balaban J connectivity index is 2.69. The Labute approximate surface area is 101 Å². The van der Waals surface area contributed by atoms with Gasteiger partial charge in [-0.3, -0.25) is 0 Å². The van der Waals surface area contributed by atoms with E-state index in [1.807, 2.05) is 24.9 Å². The zero-order chi connectivity index (χ0) is 11.8. The van der Waals surface area contributed by atoms with Crippen molar-refractivity contribution in [1.82, 2.24) is 9.97 Å². The highest BCUT2D eigenvalue weighted by molar-refractivity contribution is 7.98. The van der Waals surface area contributed by atoms with E-state index < -0.39 is 0 Å². The minimum Gasteiger partial charge on any atom is -0.378 e. The van der Waals surface area contributed by atoms with Gasteiger partial charge in [-0.1, -0.05) is 6.92 Å². The SMILES string of the molecule is CCCSCc1nc(COC)cc(NC)n1. The molecule has 0 aliphatic heterocycles. The highest BCUT2D eigenvalue weighted by Crippen LogP contribution is 2.13. The van der Waals surface area contributed by atoms with Crippen molar-refractivity contribution in [3.05, 3.63) is 17.6 Å². The molecule has 0 atom stereocenters. The van der Waals surface area contributed by atoms with Crippen LogP contribution >= 0.6 is 11.8 Å². The molecule has 0 aromatic carbocycles. The second kappa shape index (κ2) is 7.46. The lowest BCUT2D eigenvalue weighted by molar-refractivity contribution is 0.181. The van der Waals surface area contributed by atoms with E-state index in [0.29, 0.717) is 6.61 Å². The topological polar surface area (TPSA) is 47.0 Å². The van der Waals surface area contributed by atoms with Gasteiger partial charge in [0, 0.05) is 20.2 Å². The first-order valence-corrected chi connectivity index (χ1v) is 6.56. The number of thioether (sulfide) groups is 1. The van der Waals surface area contributed by atoms with Crippen LogP contribution in [0.2, 0.25) is 0 Å². The van der Waals surface area contributed by atoms with E-state index in [2.05, 4.69) is 22.2 Å². The molecule has 90 valence electrons. The van der Waals surface area contributed by atoms with Crippen LogP contribution < -0.4 is 5.32 Å². The number of nitrogens with one attached hydrogen (secondary N) is 1. The minimum atomic E-state index is 0.530. The number of ether oxygens (including phenoxy) is 1. The van der Waals surface area contributed by atoms with Gasteiger partial charge >= 0.3 is 0 Å². The highest BCUT2D eigenvalue weighted by Gasteiger charge is 2.03. The normalized spacial score (nSPS) is 10.4. The van der Waals surface area contributed by atoms with E-state index >= 15 is 0 Å². The van der Waals surface area contributed by atoms with Gasteiger partial charge in [0.15, 0.2) is 0 Å². The van der Waals surface area contributed by atoms with E-state index in [0.717, 1.165) is 28.8 Å². The number of rotatable bonds is 7. The van der Waals surface area contributed by atoms with Crippen LogP contribution in [0, 0.1) is 0 Å². The molecule has 5 heteroatoms. The minimum absolute atomic E-state index is 0.530. The average Bonchev–Trinajstić information content (AvgIpc) is 2.29. The summed E-state index contributed by atoms with van der Waals surface area (Å²) in [7, 11) is 3.54. The Morgan fingerprint density at radius 1 is 1.44 bits per heavy atom. The van der Waals surface area contributed by atoms with Gasteiger partial charge in [-0.15, -0.1) is 0 Å². The van der Waals surface area contributed by atoms with Crippen LogP contribution in [0.1, 0.15) is 24.9 Å². The van der Waals surface area contributed by atoms with E-state index in [9.17, 15) is 0 Å². The fourth-order valence-corrected chi connectivity index (χ4v) is 2.02. The predicted octanol–water partition coefficient (Wildman–Crippen LogP) is 2.31. The molecule has 1 aromatic heterocycles. The fourth-order valence-electron chi connectivity index (χ4n) is 1.27. The highest BCUT2D eigenvalue weighted by atomic mass is 32.2. The van der Waals surface area contributed by atoms with Crippen LogP contribution in [0.25, 0.3) is 0 Å². The number of nitrogens with zero attached hydrogens (tertiary/aromatic N) is 2. The second-order valence-electron chi connectivity index (χ2n) is 3.40. The molecule has 0 spiro atoms. The number of aromatic nitrogens is 2. The molecule has 0 bridgehead atoms. The smallest absolute Gasteiger partial charge is 0.140 e. The zero-order valence-corrected chi connectivity index (χ0v) is 10.9. The summed E-state index contributed by atoms with van der Waals surface area (Å²) in [4.78, 5) is 8.85. The fraction of sp³-hybridized carbons (Fsp3) is 0.636. The quantitative estimate of drug-likeness (QED) is 0.742. The van der Waals surface area contributed by atoms with Gasteiger partial charge in [-0.2, -0.15) is 11.8 Å². The average molecular weight is 241 g/mol. The van der Waals surface area contributed by atoms with Gasteiger partial charge < -0.3 is 10.1 Å². The van der Waals surface area contributed by atoms with Crippen molar-refractivity contribution in [2.24, 2.45) is 0 Å². The van der Waals surface area contributed by atoms with Gasteiger partial charge in [0.2, 0.25) is 0 Å². The summed E-state index contributed by atoms with van der Waals surface area (Å²) < 4.78 is 5.08. The molecule has 0 saturated heterocycles. The number of anilines is 1. The van der Waals surface area contributed by atoms with Crippen LogP contribution in [-0.2, 0) is 17.1 Å². The van der Waals surface area contributed by atoms with Crippen molar-refractivity contribution in [1.29, 1.82) is 0 Å². The summed E-state index contributed by atoms with van der Waals surface area (Å²) >= 11 is 1.86. The lowest BCUT2D eigenvalue weighted by Gasteiger charge is -2.06. The molecule has 16 heavy (non-hydrogen) atoms. The third kappa shape index (κ3) is 4.37. The predicted molar refractivity (Wildman–Crippen MR) is 68.7 cm³/mol. The number of hydrogen-bond acceptors (Lipinski definition) is 5. The van der Waals surface area contributed by atoms with E-state index in [1.165, 1.54) is 6.42 Å². The summed E-state index contributed by atoms with van der Waals surface area (Å²) in [6.07, 6.45) is 1.18. The first kappa shape index (κ1) is 13.3. The Morgan fingerprint density at radius 3 is 2.88 bits per heavy atom. The molecule has 1 heterocycles. The van der Waals surface area contributed by atoms with Gasteiger partial charge in [0.1, 0.15) is 11.6 Å². The second-order valence-corrected chi connectivity index (χ2v) is 4.50. The third-order valence-electron chi connectivity index (χ3n) is 1.95. The van der Waals surface area contributed by atoms with Crippen molar-refractivity contribution in [3.63, 3.8) is 0 Å². The molecule has 0 fully saturated rings. The molecule has 0 radical (unpaired) electrons. The van der Waals surface area contributed by atoms with Crippen LogP contribution in [0.5, 0.6) is 0 Å². The molecule has 0 aliphatic rings. The van der Waals surface area contributed by atoms with E-state index in [4.69, 9.17) is 4.74 Å². The molecule has 1 rings (SSSR count). The van der Waals surface area contributed by atoms with Crippen molar-refractivity contribution < 1.29 is 4.74 Å². The molecule has 0 aliphatic carbocycles. The summed E-state index contributed by atoms with van der Waals surface area (Å²) in [5.41, 5.74) is 0.925. The van der Waals surface area contributed by atoms with Crippen LogP contribution in [0.3, 0.4) is 0 Å². The van der Waals surface area contributed by atoms with Gasteiger partial charge in [-0.25, -0.2) is 9.97 Å². The standard InChI is InChI=1S/C11H19N3OS/c1-4-5-16-8-11-13-9(7-15-3)6-10(12-2)14-11/h6H,4-5,7-8H2,1-3H3,(H,12,13,14). The lowest BCUT2D eigenvalue weighted by atomic mass is 10.4. The Hall–Kier alpha value is -0.810. The van der Waals surface area contributed by atoms with E-state index in [-0.39, 0.29) is 0 Å². The first-order valence-electron chi connectivity index (χ1n) is 5.41. The lowest BCUT2D eigenvalue weighted by Crippen LogP contribution is -2.03. The van der Waals surface area contributed by atoms with Gasteiger partial charge in [0.25, 0.3) is 0 Å². The monoisotopic (exact) mass is 241 g/mol. The molecule has 0 unspecified atom stereocenters. The Bertz CT molecular complexity index is 320. The molecule has 1 N–H and O–H groups in total. The molecule has 4 nitrogen and oxygen atoms in total. The largest absolute Gasteiger partial charge is 0.378 e. The summed E-state index contributed by atoms with van der Waals surface area (Å²) in [5.74, 6) is 3.74. The molecule has 0 amide bonds. The van der Waals surface area contributed by atoms with Crippen molar-refractivity contribution in [2.45, 2.75) is 25.7 Å². The molecule has 1 aromatic rings. The molecular weight excluding hydrogens is 222 g/mol. The Kier molecular flexibility index (Phi) is 6.18. The maximum atomic E-state index is 5.08.